The van der Waals surface area contributed by atoms with E-state index >= 15 is 0 Å². The normalized spacial score (nSPS) is 20.7. The van der Waals surface area contributed by atoms with E-state index in [4.69, 9.17) is 10.4 Å². The van der Waals surface area contributed by atoms with Gasteiger partial charge >= 0.3 is 5.97 Å². The van der Waals surface area contributed by atoms with E-state index in [-0.39, 0.29) is 20.7 Å². The van der Waals surface area contributed by atoms with Gasteiger partial charge in [-0.3, -0.25) is 4.79 Å². The molecule has 2 heterocycles. The van der Waals surface area contributed by atoms with E-state index in [0.29, 0.717) is 0 Å². The first-order chi connectivity index (χ1) is 8.46. The number of nitriles is 1. The average Bonchev–Trinajstić information content (AvgIpc) is 2.98. The van der Waals surface area contributed by atoms with Crippen molar-refractivity contribution in [1.29, 1.82) is 5.26 Å². The summed E-state index contributed by atoms with van der Waals surface area (Å²) in [7, 11) is -3.82. The van der Waals surface area contributed by atoms with Gasteiger partial charge in [0, 0.05) is 5.75 Å². The maximum Gasteiger partial charge on any atom is 0.322 e. The fourth-order valence-corrected chi connectivity index (χ4v) is 5.86. The van der Waals surface area contributed by atoms with E-state index in [9.17, 15) is 13.2 Å². The molecule has 1 aliphatic heterocycles. The predicted octanol–water partition coefficient (Wildman–Crippen LogP) is 0.768. The molecule has 0 radical (unpaired) electrons. The van der Waals surface area contributed by atoms with Crippen LogP contribution in [-0.4, -0.2) is 41.5 Å². The number of carboxylic acid groups (broad SMARTS) is 1. The fourth-order valence-electron chi connectivity index (χ4n) is 1.49. The van der Waals surface area contributed by atoms with Gasteiger partial charge in [0.05, 0.1) is 5.88 Å². The Kier molecular flexibility index (Phi) is 3.63. The Balaban J connectivity index is 2.37. The molecule has 1 aromatic heterocycles. The minimum atomic E-state index is -3.82. The first-order valence-corrected chi connectivity index (χ1v) is 8.20. The SMILES string of the molecule is N#Cc1ccc(S(=O)(=O)N2CSC[C@H]2C(=O)O)s1. The molecule has 0 spiro atoms. The van der Waals surface area contributed by atoms with E-state index in [1.54, 1.807) is 0 Å². The summed E-state index contributed by atoms with van der Waals surface area (Å²) in [6, 6.07) is 3.57. The molecule has 0 aromatic carbocycles. The Hall–Kier alpha value is -1.08. The molecule has 2 rings (SSSR count). The second-order valence-electron chi connectivity index (χ2n) is 3.48. The molecule has 18 heavy (non-hydrogen) atoms. The van der Waals surface area contributed by atoms with Crippen molar-refractivity contribution < 1.29 is 18.3 Å². The van der Waals surface area contributed by atoms with Crippen LogP contribution in [0.5, 0.6) is 0 Å². The minimum Gasteiger partial charge on any atom is -0.480 e. The van der Waals surface area contributed by atoms with E-state index in [2.05, 4.69) is 0 Å². The molecule has 1 atom stereocenters. The number of aliphatic carboxylic acids is 1. The third-order valence-electron chi connectivity index (χ3n) is 2.38. The van der Waals surface area contributed by atoms with Crippen molar-refractivity contribution in [2.75, 3.05) is 11.6 Å². The van der Waals surface area contributed by atoms with Gasteiger partial charge in [0.1, 0.15) is 21.2 Å². The van der Waals surface area contributed by atoms with Gasteiger partial charge in [-0.1, -0.05) is 0 Å². The number of carboxylic acids is 1. The maximum absolute atomic E-state index is 12.2. The molecule has 96 valence electrons. The predicted molar refractivity (Wildman–Crippen MR) is 66.8 cm³/mol. The zero-order chi connectivity index (χ0) is 13.3. The van der Waals surface area contributed by atoms with Gasteiger partial charge in [-0.2, -0.15) is 9.57 Å². The third kappa shape index (κ3) is 2.24. The lowest BCUT2D eigenvalue weighted by atomic mass is 10.4. The molecule has 0 amide bonds. The lowest BCUT2D eigenvalue weighted by molar-refractivity contribution is -0.140. The molecule has 1 saturated heterocycles. The average molecular weight is 304 g/mol. The highest BCUT2D eigenvalue weighted by Gasteiger charge is 2.40. The highest BCUT2D eigenvalue weighted by atomic mass is 32.2. The highest BCUT2D eigenvalue weighted by molar-refractivity contribution is 8.01. The quantitative estimate of drug-likeness (QED) is 0.885. The number of thioether (sulfide) groups is 1. The number of nitrogens with zero attached hydrogens (tertiary/aromatic N) is 2. The van der Waals surface area contributed by atoms with E-state index in [1.807, 2.05) is 6.07 Å². The Labute approximate surface area is 112 Å². The molecule has 0 bridgehead atoms. The summed E-state index contributed by atoms with van der Waals surface area (Å²) in [6.07, 6.45) is 0. The van der Waals surface area contributed by atoms with E-state index < -0.39 is 22.0 Å². The van der Waals surface area contributed by atoms with Crippen molar-refractivity contribution in [3.05, 3.63) is 17.0 Å². The Morgan fingerprint density at radius 2 is 2.28 bits per heavy atom. The topological polar surface area (TPSA) is 98.5 Å². The van der Waals surface area contributed by atoms with Crippen molar-refractivity contribution in [3.8, 4) is 6.07 Å². The summed E-state index contributed by atoms with van der Waals surface area (Å²) >= 11 is 2.11. The third-order valence-corrected chi connectivity index (χ3v) is 6.87. The van der Waals surface area contributed by atoms with Crippen molar-refractivity contribution in [2.45, 2.75) is 10.3 Å². The van der Waals surface area contributed by atoms with Crippen molar-refractivity contribution in [1.82, 2.24) is 4.31 Å². The number of sulfonamides is 1. The highest BCUT2D eigenvalue weighted by Crippen LogP contribution is 2.31. The molecule has 0 saturated carbocycles. The van der Waals surface area contributed by atoms with Gasteiger partial charge in [-0.25, -0.2) is 8.42 Å². The molecular weight excluding hydrogens is 296 g/mol. The fraction of sp³-hybridized carbons (Fsp3) is 0.333. The van der Waals surface area contributed by atoms with E-state index in [0.717, 1.165) is 15.6 Å². The number of hydrogen-bond donors (Lipinski definition) is 1. The number of carbonyl (C=O) groups is 1. The maximum atomic E-state index is 12.2. The van der Waals surface area contributed by atoms with Gasteiger partial charge in [0.2, 0.25) is 0 Å². The molecule has 1 aromatic rings. The summed E-state index contributed by atoms with van der Waals surface area (Å²) in [5, 5.41) is 17.7. The molecule has 9 heteroatoms. The van der Waals surface area contributed by atoms with Crippen LogP contribution in [0.4, 0.5) is 0 Å². The molecule has 1 aliphatic rings. The van der Waals surface area contributed by atoms with Crippen LogP contribution in [-0.2, 0) is 14.8 Å². The molecule has 1 fully saturated rings. The lowest BCUT2D eigenvalue weighted by Crippen LogP contribution is -2.41. The summed E-state index contributed by atoms with van der Waals surface area (Å²) in [4.78, 5) is 11.3. The zero-order valence-electron chi connectivity index (χ0n) is 8.94. The lowest BCUT2D eigenvalue weighted by Gasteiger charge is -2.18. The second kappa shape index (κ2) is 4.89. The first-order valence-electron chi connectivity index (χ1n) is 4.79. The summed E-state index contributed by atoms with van der Waals surface area (Å²) in [6.45, 7) is 0. The van der Waals surface area contributed by atoms with Gasteiger partial charge in [-0.05, 0) is 12.1 Å². The van der Waals surface area contributed by atoms with E-state index in [1.165, 1.54) is 23.9 Å². The number of hydrogen-bond acceptors (Lipinski definition) is 6. The van der Waals surface area contributed by atoms with Crippen LogP contribution in [0.15, 0.2) is 16.3 Å². The summed E-state index contributed by atoms with van der Waals surface area (Å²) in [5.41, 5.74) is 0. The Morgan fingerprint density at radius 3 is 2.83 bits per heavy atom. The zero-order valence-corrected chi connectivity index (χ0v) is 11.4. The first kappa shape index (κ1) is 13.4. The minimum absolute atomic E-state index is 0.00722. The molecule has 0 unspecified atom stereocenters. The van der Waals surface area contributed by atoms with Crippen LogP contribution in [0.1, 0.15) is 4.88 Å². The summed E-state index contributed by atoms with van der Waals surface area (Å²) in [5.74, 6) is -0.787. The number of rotatable bonds is 3. The second-order valence-corrected chi connectivity index (χ2v) is 7.68. The number of thiophene rings is 1. The monoisotopic (exact) mass is 304 g/mol. The van der Waals surface area contributed by atoms with Crippen LogP contribution >= 0.6 is 23.1 Å². The van der Waals surface area contributed by atoms with Crippen LogP contribution in [0.3, 0.4) is 0 Å². The molecule has 6 nitrogen and oxygen atoms in total. The van der Waals surface area contributed by atoms with Crippen LogP contribution in [0.2, 0.25) is 0 Å². The Morgan fingerprint density at radius 1 is 1.56 bits per heavy atom. The van der Waals surface area contributed by atoms with Crippen LogP contribution in [0, 0.1) is 11.3 Å². The molecular formula is C9H8N2O4S3. The summed E-state index contributed by atoms with van der Waals surface area (Å²) < 4.78 is 25.4. The smallest absolute Gasteiger partial charge is 0.322 e. The largest absolute Gasteiger partial charge is 0.480 e. The molecule has 0 aliphatic carbocycles. The van der Waals surface area contributed by atoms with Crippen molar-refractivity contribution in [2.24, 2.45) is 0 Å². The molecule has 1 N–H and O–H groups in total. The van der Waals surface area contributed by atoms with Gasteiger partial charge in [-0.15, -0.1) is 23.1 Å². The van der Waals surface area contributed by atoms with Gasteiger partial charge in [0.15, 0.2) is 0 Å². The van der Waals surface area contributed by atoms with Crippen molar-refractivity contribution in [3.63, 3.8) is 0 Å². The standard InChI is InChI=1S/C9H8N2O4S3/c10-3-6-1-2-8(17-6)18(14,15)11-5-16-4-7(11)9(12)13/h1-2,7H,4-5H2,(H,12,13)/t7-/m0/s1. The van der Waals surface area contributed by atoms with Gasteiger partial charge in [0.25, 0.3) is 10.0 Å². The van der Waals surface area contributed by atoms with Crippen molar-refractivity contribution >= 4 is 39.1 Å². The van der Waals surface area contributed by atoms with Crippen LogP contribution < -0.4 is 0 Å². The van der Waals surface area contributed by atoms with Crippen LogP contribution in [0.25, 0.3) is 0 Å². The van der Waals surface area contributed by atoms with Gasteiger partial charge < -0.3 is 5.11 Å². The Bertz CT molecular complexity index is 616.